The van der Waals surface area contributed by atoms with Crippen molar-refractivity contribution in [3.8, 4) is 11.5 Å². The normalized spacial score (nSPS) is 20.3. The van der Waals surface area contributed by atoms with Crippen LogP contribution in [0.25, 0.3) is 0 Å². The van der Waals surface area contributed by atoms with Gasteiger partial charge in [-0.25, -0.2) is 4.39 Å². The van der Waals surface area contributed by atoms with Crippen LogP contribution in [-0.2, 0) is 9.59 Å². The Kier molecular flexibility index (Phi) is 8.35. The first-order valence-electron chi connectivity index (χ1n) is 13.8. The fraction of sp³-hybridized carbons (Fsp3) is 0.375. The Labute approximate surface area is 234 Å². The molecule has 7 nitrogen and oxygen atoms in total. The van der Waals surface area contributed by atoms with Crippen LogP contribution in [-0.4, -0.2) is 54.7 Å². The predicted molar refractivity (Wildman–Crippen MR) is 150 cm³/mol. The van der Waals surface area contributed by atoms with Crippen molar-refractivity contribution in [1.29, 1.82) is 0 Å². The van der Waals surface area contributed by atoms with E-state index in [1.807, 2.05) is 54.3 Å². The summed E-state index contributed by atoms with van der Waals surface area (Å²) in [6, 6.07) is 18.7. The van der Waals surface area contributed by atoms with Crippen molar-refractivity contribution in [2.24, 2.45) is 5.92 Å². The Morgan fingerprint density at radius 1 is 1.00 bits per heavy atom. The highest BCUT2D eigenvalue weighted by atomic mass is 19.1. The summed E-state index contributed by atoms with van der Waals surface area (Å²) in [7, 11) is 0. The van der Waals surface area contributed by atoms with Crippen LogP contribution in [0.5, 0.6) is 11.5 Å². The summed E-state index contributed by atoms with van der Waals surface area (Å²) in [5.41, 5.74) is 3.36. The molecular formula is C32H35FN2O5. The summed E-state index contributed by atoms with van der Waals surface area (Å²) < 4.78 is 25.3. The molecule has 0 bridgehead atoms. The number of carboxylic acids is 1. The van der Waals surface area contributed by atoms with Gasteiger partial charge in [0.05, 0.1) is 12.5 Å². The van der Waals surface area contributed by atoms with E-state index in [2.05, 4.69) is 6.92 Å². The molecule has 0 aliphatic carbocycles. The number of unbranched alkanes of at least 4 members (excludes halogenated alkanes) is 1. The molecule has 0 spiro atoms. The van der Waals surface area contributed by atoms with Gasteiger partial charge in [-0.3, -0.25) is 14.5 Å². The molecule has 1 fully saturated rings. The molecule has 2 aliphatic rings. The fourth-order valence-corrected chi connectivity index (χ4v) is 5.85. The Morgan fingerprint density at radius 2 is 1.73 bits per heavy atom. The maximum absolute atomic E-state index is 13.9. The summed E-state index contributed by atoms with van der Waals surface area (Å²) in [6.07, 6.45) is 1.78. The SMILES string of the molecule is CCCCN(C(=O)CN1C[C@H](c2ccc3c(c2)OCCO3)[C@H](C(=O)O)[C@H]1c1ccc(F)cc1)c1cccc(C)c1. The second kappa shape index (κ2) is 12.1. The molecule has 1 amide bonds. The standard InChI is InChI=1S/C32H35FN2O5/c1-3-4-14-35(25-7-5-6-21(2)17-25)29(36)20-34-19-26(23-10-13-27-28(18-23)40-16-15-39-27)30(32(37)38)31(34)22-8-11-24(33)12-9-22/h5-13,17-18,26,30-31H,3-4,14-16,19-20H2,1-2H3,(H,37,38)/t26-,30+,31-/m1/s1. The minimum absolute atomic E-state index is 0.0323. The van der Waals surface area contributed by atoms with Crippen molar-refractivity contribution in [3.63, 3.8) is 0 Å². The molecule has 210 valence electrons. The number of ether oxygens (including phenoxy) is 2. The largest absolute Gasteiger partial charge is 0.486 e. The number of hydrogen-bond donors (Lipinski definition) is 1. The molecular weight excluding hydrogens is 511 g/mol. The summed E-state index contributed by atoms with van der Waals surface area (Å²) in [5.74, 6) is -1.52. The molecule has 40 heavy (non-hydrogen) atoms. The number of benzene rings is 3. The number of likely N-dealkylation sites (tertiary alicyclic amines) is 1. The number of amides is 1. The lowest BCUT2D eigenvalue weighted by atomic mass is 9.82. The van der Waals surface area contributed by atoms with Crippen molar-refractivity contribution < 1.29 is 28.6 Å². The Morgan fingerprint density at radius 3 is 2.42 bits per heavy atom. The molecule has 3 aromatic rings. The van der Waals surface area contributed by atoms with E-state index in [1.165, 1.54) is 12.1 Å². The van der Waals surface area contributed by atoms with E-state index in [-0.39, 0.29) is 12.5 Å². The summed E-state index contributed by atoms with van der Waals surface area (Å²) >= 11 is 0. The van der Waals surface area contributed by atoms with E-state index in [0.717, 1.165) is 29.7 Å². The van der Waals surface area contributed by atoms with Crippen molar-refractivity contribution in [1.82, 2.24) is 4.90 Å². The third-order valence-corrected chi connectivity index (χ3v) is 7.78. The number of aliphatic carboxylic acids is 1. The molecule has 0 unspecified atom stereocenters. The zero-order valence-corrected chi connectivity index (χ0v) is 22.9. The van der Waals surface area contributed by atoms with E-state index in [1.54, 1.807) is 17.0 Å². The van der Waals surface area contributed by atoms with Gasteiger partial charge in [-0.15, -0.1) is 0 Å². The van der Waals surface area contributed by atoms with Gasteiger partial charge in [0.25, 0.3) is 0 Å². The quantitative estimate of drug-likeness (QED) is 0.378. The summed E-state index contributed by atoms with van der Waals surface area (Å²) in [4.78, 5) is 30.5. The van der Waals surface area contributed by atoms with E-state index in [0.29, 0.717) is 43.4 Å². The number of fused-ring (bicyclic) bond motifs is 1. The second-order valence-corrected chi connectivity index (χ2v) is 10.5. The van der Waals surface area contributed by atoms with Gasteiger partial charge in [0, 0.05) is 30.7 Å². The van der Waals surface area contributed by atoms with E-state index >= 15 is 0 Å². The van der Waals surface area contributed by atoms with Gasteiger partial charge in [-0.2, -0.15) is 0 Å². The van der Waals surface area contributed by atoms with Crippen LogP contribution < -0.4 is 14.4 Å². The number of carbonyl (C=O) groups excluding carboxylic acids is 1. The van der Waals surface area contributed by atoms with E-state index < -0.39 is 29.7 Å². The van der Waals surface area contributed by atoms with Crippen LogP contribution in [0.4, 0.5) is 10.1 Å². The smallest absolute Gasteiger partial charge is 0.309 e. The van der Waals surface area contributed by atoms with Gasteiger partial charge >= 0.3 is 5.97 Å². The lowest BCUT2D eigenvalue weighted by Gasteiger charge is -2.30. The Bertz CT molecular complexity index is 1360. The molecule has 0 aromatic heterocycles. The van der Waals surface area contributed by atoms with Crippen LogP contribution in [0, 0.1) is 18.7 Å². The average molecular weight is 547 g/mol. The zero-order chi connectivity index (χ0) is 28.2. The Hall–Kier alpha value is -3.91. The monoisotopic (exact) mass is 546 g/mol. The first kappa shape index (κ1) is 27.6. The highest BCUT2D eigenvalue weighted by Crippen LogP contribution is 2.47. The average Bonchev–Trinajstić information content (AvgIpc) is 3.33. The van der Waals surface area contributed by atoms with Crippen LogP contribution >= 0.6 is 0 Å². The van der Waals surface area contributed by atoms with Crippen molar-refractivity contribution in [2.75, 3.05) is 37.7 Å². The molecule has 3 aromatic carbocycles. The third kappa shape index (κ3) is 5.82. The molecule has 5 rings (SSSR count). The van der Waals surface area contributed by atoms with Gasteiger partial charge in [-0.05, 0) is 66.4 Å². The number of nitrogens with zero attached hydrogens (tertiary/aromatic N) is 2. The zero-order valence-electron chi connectivity index (χ0n) is 22.9. The predicted octanol–water partition coefficient (Wildman–Crippen LogP) is 5.58. The molecule has 3 atom stereocenters. The lowest BCUT2D eigenvalue weighted by Crippen LogP contribution is -2.41. The highest BCUT2D eigenvalue weighted by Gasteiger charge is 2.48. The molecule has 8 heteroatoms. The number of aryl methyl sites for hydroxylation is 1. The first-order valence-corrected chi connectivity index (χ1v) is 13.8. The van der Waals surface area contributed by atoms with Gasteiger partial charge in [0.1, 0.15) is 19.0 Å². The number of rotatable bonds is 9. The number of hydrogen-bond acceptors (Lipinski definition) is 5. The minimum Gasteiger partial charge on any atom is -0.486 e. The minimum atomic E-state index is -0.967. The van der Waals surface area contributed by atoms with Crippen LogP contribution in [0.15, 0.2) is 66.7 Å². The first-order chi connectivity index (χ1) is 19.4. The number of carbonyl (C=O) groups is 2. The molecule has 2 aliphatic heterocycles. The summed E-state index contributed by atoms with van der Waals surface area (Å²) in [5, 5.41) is 10.5. The molecule has 1 saturated heterocycles. The van der Waals surface area contributed by atoms with Crippen molar-refractivity contribution >= 4 is 17.6 Å². The molecule has 2 heterocycles. The topological polar surface area (TPSA) is 79.3 Å². The fourth-order valence-electron chi connectivity index (χ4n) is 5.85. The van der Waals surface area contributed by atoms with Gasteiger partial charge < -0.3 is 19.5 Å². The number of halogens is 1. The number of carboxylic acid groups (broad SMARTS) is 1. The molecule has 0 saturated carbocycles. The second-order valence-electron chi connectivity index (χ2n) is 10.5. The summed E-state index contributed by atoms with van der Waals surface area (Å²) in [6.45, 7) is 5.91. The maximum atomic E-state index is 13.9. The third-order valence-electron chi connectivity index (χ3n) is 7.78. The van der Waals surface area contributed by atoms with Crippen LogP contribution in [0.3, 0.4) is 0 Å². The Balaban J connectivity index is 1.51. The van der Waals surface area contributed by atoms with Crippen molar-refractivity contribution in [2.45, 2.75) is 38.6 Å². The lowest BCUT2D eigenvalue weighted by molar-refractivity contribution is -0.143. The van der Waals surface area contributed by atoms with Gasteiger partial charge in [0.15, 0.2) is 11.5 Å². The van der Waals surface area contributed by atoms with Gasteiger partial charge in [-0.1, -0.05) is 43.7 Å². The van der Waals surface area contributed by atoms with Crippen LogP contribution in [0.1, 0.15) is 48.4 Å². The van der Waals surface area contributed by atoms with E-state index in [9.17, 15) is 19.1 Å². The molecule has 1 N–H and O–H groups in total. The molecule has 0 radical (unpaired) electrons. The van der Waals surface area contributed by atoms with Crippen LogP contribution in [0.2, 0.25) is 0 Å². The maximum Gasteiger partial charge on any atom is 0.309 e. The van der Waals surface area contributed by atoms with Crippen molar-refractivity contribution in [3.05, 3.63) is 89.2 Å². The van der Waals surface area contributed by atoms with Gasteiger partial charge in [0.2, 0.25) is 5.91 Å². The number of anilines is 1. The van der Waals surface area contributed by atoms with E-state index in [4.69, 9.17) is 9.47 Å². The highest BCUT2D eigenvalue weighted by molar-refractivity contribution is 5.95.